The zero-order valence-corrected chi connectivity index (χ0v) is 16.1. The third kappa shape index (κ3) is 4.81. The van der Waals surface area contributed by atoms with Crippen LogP contribution >= 0.6 is 23.2 Å². The molecule has 0 aliphatic heterocycles. The van der Waals surface area contributed by atoms with E-state index in [4.69, 9.17) is 23.2 Å². The molecule has 0 spiro atoms. The van der Waals surface area contributed by atoms with E-state index in [0.717, 1.165) is 33.6 Å². The van der Waals surface area contributed by atoms with Crippen molar-refractivity contribution < 1.29 is 0 Å². The Morgan fingerprint density at radius 2 is 1.00 bits per heavy atom. The molecule has 0 bridgehead atoms. The summed E-state index contributed by atoms with van der Waals surface area (Å²) in [6, 6.07) is 19.4. The predicted octanol–water partition coefficient (Wildman–Crippen LogP) is 7.11. The second-order valence-corrected chi connectivity index (χ2v) is 6.92. The Balaban J connectivity index is 1.74. The van der Waals surface area contributed by atoms with Crippen LogP contribution in [0.3, 0.4) is 0 Å². The molecule has 4 heteroatoms. The van der Waals surface area contributed by atoms with E-state index in [1.165, 1.54) is 0 Å². The van der Waals surface area contributed by atoms with Crippen molar-refractivity contribution in [3.05, 3.63) is 93.0 Å². The smallest absolute Gasteiger partial charge is 0.0673 e. The molecule has 0 amide bonds. The maximum Gasteiger partial charge on any atom is 0.0673 e. The molecule has 0 heterocycles. The Hall–Kier alpha value is -2.42. The maximum absolute atomic E-state index is 6.03. The highest BCUT2D eigenvalue weighted by Crippen LogP contribution is 2.24. The van der Waals surface area contributed by atoms with Crippen LogP contribution in [0, 0.1) is 13.8 Å². The average Bonchev–Trinajstić information content (AvgIpc) is 2.64. The van der Waals surface area contributed by atoms with Gasteiger partial charge in [0.1, 0.15) is 0 Å². The molecule has 0 unspecified atom stereocenters. The van der Waals surface area contributed by atoms with Gasteiger partial charge in [-0.1, -0.05) is 59.6 Å². The van der Waals surface area contributed by atoms with E-state index in [9.17, 15) is 0 Å². The van der Waals surface area contributed by atoms with Gasteiger partial charge >= 0.3 is 0 Å². The summed E-state index contributed by atoms with van der Waals surface area (Å²) in [6.45, 7) is 4.03. The highest BCUT2D eigenvalue weighted by Gasteiger charge is 1.98. The van der Waals surface area contributed by atoms with E-state index >= 15 is 0 Å². The molecular weight excluding hydrogens is 363 g/mol. The van der Waals surface area contributed by atoms with Crippen molar-refractivity contribution in [2.45, 2.75) is 13.8 Å². The van der Waals surface area contributed by atoms with Crippen molar-refractivity contribution in [1.82, 2.24) is 0 Å². The van der Waals surface area contributed by atoms with Gasteiger partial charge < -0.3 is 0 Å². The fourth-order valence-corrected chi connectivity index (χ4v) is 2.73. The van der Waals surface area contributed by atoms with Gasteiger partial charge in [0, 0.05) is 22.5 Å². The zero-order valence-electron chi connectivity index (χ0n) is 14.6. The van der Waals surface area contributed by atoms with Crippen LogP contribution < -0.4 is 0 Å². The maximum atomic E-state index is 6.03. The standard InChI is InChI=1S/C22H18Cl2N2/c1-15-3-9-19(23)11-21(15)25-13-17-5-7-18(8-6-17)14-26-22-12-20(24)10-4-16(22)2/h3-14H,1-2H3. The average molecular weight is 381 g/mol. The van der Waals surface area contributed by atoms with Crippen LogP contribution in [0.15, 0.2) is 70.6 Å². The first-order chi connectivity index (χ1) is 12.5. The Morgan fingerprint density at radius 3 is 1.38 bits per heavy atom. The molecule has 0 atom stereocenters. The highest BCUT2D eigenvalue weighted by molar-refractivity contribution is 6.31. The molecule has 3 aromatic carbocycles. The topological polar surface area (TPSA) is 24.7 Å². The summed E-state index contributed by atoms with van der Waals surface area (Å²) in [6.07, 6.45) is 3.67. The molecule has 3 aromatic rings. The lowest BCUT2D eigenvalue weighted by molar-refractivity contribution is 1.40. The number of hydrogen-bond donors (Lipinski definition) is 0. The van der Waals surface area contributed by atoms with Crippen molar-refractivity contribution in [2.24, 2.45) is 9.98 Å². The molecule has 0 saturated carbocycles. The number of hydrogen-bond acceptors (Lipinski definition) is 2. The van der Waals surface area contributed by atoms with Crippen molar-refractivity contribution in [2.75, 3.05) is 0 Å². The van der Waals surface area contributed by atoms with Crippen LogP contribution in [0.25, 0.3) is 0 Å². The second-order valence-electron chi connectivity index (χ2n) is 6.04. The van der Waals surface area contributed by atoms with Gasteiger partial charge in [0.05, 0.1) is 11.4 Å². The molecule has 0 N–H and O–H groups in total. The van der Waals surface area contributed by atoms with E-state index in [-0.39, 0.29) is 0 Å². The predicted molar refractivity (Wildman–Crippen MR) is 113 cm³/mol. The fourth-order valence-electron chi connectivity index (χ4n) is 2.40. The summed E-state index contributed by atoms with van der Waals surface area (Å²) < 4.78 is 0. The summed E-state index contributed by atoms with van der Waals surface area (Å²) in [5, 5.41) is 1.37. The molecule has 0 fully saturated rings. The van der Waals surface area contributed by atoms with Crippen molar-refractivity contribution >= 4 is 47.0 Å². The van der Waals surface area contributed by atoms with Crippen LogP contribution in [-0.2, 0) is 0 Å². The SMILES string of the molecule is Cc1ccc(Cl)cc1N=Cc1ccc(C=Nc2cc(Cl)ccc2C)cc1. The highest BCUT2D eigenvalue weighted by atomic mass is 35.5. The van der Waals surface area contributed by atoms with Crippen molar-refractivity contribution in [1.29, 1.82) is 0 Å². The van der Waals surface area contributed by atoms with Gasteiger partial charge in [0.15, 0.2) is 0 Å². The zero-order chi connectivity index (χ0) is 18.5. The van der Waals surface area contributed by atoms with Gasteiger partial charge in [0.2, 0.25) is 0 Å². The summed E-state index contributed by atoms with van der Waals surface area (Å²) >= 11 is 12.1. The third-order valence-electron chi connectivity index (χ3n) is 3.98. The molecule has 26 heavy (non-hydrogen) atoms. The van der Waals surface area contributed by atoms with Gasteiger partial charge in [-0.3, -0.25) is 9.98 Å². The first-order valence-corrected chi connectivity index (χ1v) is 8.97. The minimum Gasteiger partial charge on any atom is -0.256 e. The van der Waals surface area contributed by atoms with Crippen LogP contribution in [0.1, 0.15) is 22.3 Å². The van der Waals surface area contributed by atoms with Crippen LogP contribution in [-0.4, -0.2) is 12.4 Å². The van der Waals surface area contributed by atoms with E-state index < -0.39 is 0 Å². The van der Waals surface area contributed by atoms with Crippen LogP contribution in [0.4, 0.5) is 11.4 Å². The van der Waals surface area contributed by atoms with Gasteiger partial charge in [-0.05, 0) is 60.4 Å². The van der Waals surface area contributed by atoms with E-state index in [0.29, 0.717) is 10.0 Å². The molecule has 0 aliphatic carbocycles. The summed E-state index contributed by atoms with van der Waals surface area (Å²) in [5.74, 6) is 0. The Kier molecular flexibility index (Phi) is 5.87. The first kappa shape index (κ1) is 18.4. The lowest BCUT2D eigenvalue weighted by atomic mass is 10.1. The van der Waals surface area contributed by atoms with Crippen molar-refractivity contribution in [3.8, 4) is 0 Å². The van der Waals surface area contributed by atoms with Gasteiger partial charge in [-0.15, -0.1) is 0 Å². The molecular formula is C22H18Cl2N2. The van der Waals surface area contributed by atoms with E-state index in [1.54, 1.807) is 0 Å². The summed E-state index contributed by atoms with van der Waals surface area (Å²) in [7, 11) is 0. The number of aryl methyl sites for hydroxylation is 2. The second kappa shape index (κ2) is 8.31. The fraction of sp³-hybridized carbons (Fsp3) is 0.0909. The molecule has 2 nitrogen and oxygen atoms in total. The lowest BCUT2D eigenvalue weighted by Gasteiger charge is -2.01. The van der Waals surface area contributed by atoms with Crippen LogP contribution in [0.2, 0.25) is 10.0 Å². The quantitative estimate of drug-likeness (QED) is 0.430. The first-order valence-electron chi connectivity index (χ1n) is 8.22. The minimum absolute atomic E-state index is 0.686. The Morgan fingerprint density at radius 1 is 0.615 bits per heavy atom. The summed E-state index contributed by atoms with van der Waals surface area (Å²) in [4.78, 5) is 9.05. The molecule has 130 valence electrons. The van der Waals surface area contributed by atoms with Gasteiger partial charge in [0.25, 0.3) is 0 Å². The minimum atomic E-state index is 0.686. The molecule has 0 aliphatic rings. The number of benzene rings is 3. The third-order valence-corrected chi connectivity index (χ3v) is 4.45. The lowest BCUT2D eigenvalue weighted by Crippen LogP contribution is -1.85. The molecule has 0 radical (unpaired) electrons. The van der Waals surface area contributed by atoms with Crippen molar-refractivity contribution in [3.63, 3.8) is 0 Å². The van der Waals surface area contributed by atoms with Crippen LogP contribution in [0.5, 0.6) is 0 Å². The monoisotopic (exact) mass is 380 g/mol. The van der Waals surface area contributed by atoms with E-state index in [1.807, 2.05) is 86.9 Å². The van der Waals surface area contributed by atoms with Gasteiger partial charge in [-0.25, -0.2) is 0 Å². The number of aliphatic imine (C=N–C) groups is 2. The normalized spacial score (nSPS) is 11.5. The summed E-state index contributed by atoms with van der Waals surface area (Å²) in [5.41, 5.74) is 5.96. The number of rotatable bonds is 4. The van der Waals surface area contributed by atoms with E-state index in [2.05, 4.69) is 9.98 Å². The number of nitrogens with zero attached hydrogens (tertiary/aromatic N) is 2. The Labute approximate surface area is 163 Å². The van der Waals surface area contributed by atoms with Gasteiger partial charge in [-0.2, -0.15) is 0 Å². The molecule has 0 saturated heterocycles. The Bertz CT molecular complexity index is 893. The number of halogens is 2. The largest absolute Gasteiger partial charge is 0.256 e. The molecule has 3 rings (SSSR count). The molecule has 0 aromatic heterocycles.